The average Bonchev–Trinajstić information content (AvgIpc) is 2.78. The van der Waals surface area contributed by atoms with Crippen LogP contribution in [0.2, 0.25) is 0 Å². The summed E-state index contributed by atoms with van der Waals surface area (Å²) in [6, 6.07) is 11.3. The van der Waals surface area contributed by atoms with Crippen molar-refractivity contribution in [3.05, 3.63) is 53.6 Å². The first-order valence-corrected chi connectivity index (χ1v) is 11.2. The molecule has 0 atom stereocenters. The van der Waals surface area contributed by atoms with Crippen LogP contribution in [-0.4, -0.2) is 37.5 Å². The van der Waals surface area contributed by atoms with Crippen LogP contribution in [0, 0.1) is 5.41 Å². The van der Waals surface area contributed by atoms with Gasteiger partial charge in [0.05, 0.1) is 18.8 Å². The summed E-state index contributed by atoms with van der Waals surface area (Å²) in [7, 11) is 0. The maximum absolute atomic E-state index is 12.5. The molecular formula is C26H33NO6. The molecule has 0 saturated heterocycles. The lowest BCUT2D eigenvalue weighted by Gasteiger charge is -2.17. The van der Waals surface area contributed by atoms with Gasteiger partial charge >= 0.3 is 5.97 Å². The minimum Gasteiger partial charge on any atom is -0.490 e. The third-order valence-corrected chi connectivity index (χ3v) is 4.71. The maximum Gasteiger partial charge on any atom is 0.338 e. The number of carbonyl (C=O) groups excluding carboxylic acids is 3. The second kappa shape index (κ2) is 12.0. The molecule has 2 rings (SSSR count). The fourth-order valence-corrected chi connectivity index (χ4v) is 2.70. The van der Waals surface area contributed by atoms with Crippen LogP contribution in [0.25, 0.3) is 0 Å². The van der Waals surface area contributed by atoms with E-state index in [0.29, 0.717) is 36.0 Å². The summed E-state index contributed by atoms with van der Waals surface area (Å²) >= 11 is 0. The van der Waals surface area contributed by atoms with Crippen LogP contribution in [0.5, 0.6) is 11.5 Å². The Kier molecular flexibility index (Phi) is 9.45. The Morgan fingerprint density at radius 3 is 2.15 bits per heavy atom. The number of ether oxygens (including phenoxy) is 3. The minimum atomic E-state index is -0.626. The van der Waals surface area contributed by atoms with Crippen molar-refractivity contribution in [2.45, 2.75) is 47.5 Å². The second-order valence-electron chi connectivity index (χ2n) is 8.58. The fourth-order valence-electron chi connectivity index (χ4n) is 2.70. The lowest BCUT2D eigenvalue weighted by Crippen LogP contribution is -2.27. The van der Waals surface area contributed by atoms with Crippen molar-refractivity contribution in [2.75, 3.05) is 25.1 Å². The average molecular weight is 456 g/mol. The van der Waals surface area contributed by atoms with E-state index >= 15 is 0 Å². The Morgan fingerprint density at radius 1 is 0.879 bits per heavy atom. The van der Waals surface area contributed by atoms with Gasteiger partial charge in [0, 0.05) is 16.7 Å². The quantitative estimate of drug-likeness (QED) is 0.281. The molecule has 7 heteroatoms. The highest BCUT2D eigenvalue weighted by Crippen LogP contribution is 2.29. The molecule has 0 spiro atoms. The topological polar surface area (TPSA) is 90.9 Å². The van der Waals surface area contributed by atoms with E-state index < -0.39 is 18.0 Å². The summed E-state index contributed by atoms with van der Waals surface area (Å²) in [6.07, 6.45) is 1.93. The predicted octanol–water partition coefficient (Wildman–Crippen LogP) is 5.29. The van der Waals surface area contributed by atoms with Crippen LogP contribution in [0.15, 0.2) is 42.5 Å². The normalized spacial score (nSPS) is 10.9. The van der Waals surface area contributed by atoms with Gasteiger partial charge in [0.2, 0.25) is 5.91 Å². The summed E-state index contributed by atoms with van der Waals surface area (Å²) in [4.78, 5) is 37.0. The van der Waals surface area contributed by atoms with Crippen molar-refractivity contribution >= 4 is 23.3 Å². The number of hydrogen-bond donors (Lipinski definition) is 1. The number of nitrogens with one attached hydrogen (secondary N) is 1. The second-order valence-corrected chi connectivity index (χ2v) is 8.58. The zero-order chi connectivity index (χ0) is 24.4. The Labute approximate surface area is 195 Å². The van der Waals surface area contributed by atoms with Crippen LogP contribution in [0.1, 0.15) is 68.2 Å². The maximum atomic E-state index is 12.5. The Hall–Kier alpha value is -3.35. The van der Waals surface area contributed by atoms with Crippen LogP contribution in [0.4, 0.5) is 5.69 Å². The van der Waals surface area contributed by atoms with Crippen molar-refractivity contribution in [1.82, 2.24) is 0 Å². The monoisotopic (exact) mass is 455 g/mol. The molecule has 0 saturated carbocycles. The smallest absolute Gasteiger partial charge is 0.338 e. The third-order valence-electron chi connectivity index (χ3n) is 4.71. The van der Waals surface area contributed by atoms with Gasteiger partial charge in [-0.05, 0) is 55.8 Å². The Morgan fingerprint density at radius 2 is 1.55 bits per heavy atom. The lowest BCUT2D eigenvalue weighted by atomic mass is 9.95. The number of ketones is 1. The molecular weight excluding hydrogens is 422 g/mol. The Bertz CT molecular complexity index is 960. The predicted molar refractivity (Wildman–Crippen MR) is 127 cm³/mol. The number of rotatable bonds is 11. The summed E-state index contributed by atoms with van der Waals surface area (Å²) in [5.41, 5.74) is 0.721. The summed E-state index contributed by atoms with van der Waals surface area (Å²) < 4.78 is 16.5. The minimum absolute atomic E-state index is 0.122. The van der Waals surface area contributed by atoms with E-state index in [-0.39, 0.29) is 17.3 Å². The van der Waals surface area contributed by atoms with Crippen LogP contribution >= 0.6 is 0 Å². The van der Waals surface area contributed by atoms with E-state index in [1.165, 1.54) is 0 Å². The number of amides is 1. The third kappa shape index (κ3) is 7.93. The summed E-state index contributed by atoms with van der Waals surface area (Å²) in [5, 5.41) is 2.80. The Balaban J connectivity index is 1.97. The number of Topliss-reactive ketones (excluding diaryl/α,β-unsaturated/α-hetero) is 1. The molecule has 0 fully saturated rings. The van der Waals surface area contributed by atoms with Gasteiger partial charge in [-0.2, -0.15) is 0 Å². The van der Waals surface area contributed by atoms with Gasteiger partial charge in [-0.1, -0.05) is 34.1 Å². The number of anilines is 1. The van der Waals surface area contributed by atoms with E-state index in [1.54, 1.807) is 42.5 Å². The van der Waals surface area contributed by atoms with E-state index in [1.807, 2.05) is 27.7 Å². The first-order valence-electron chi connectivity index (χ1n) is 11.2. The fraction of sp³-hybridized carbons (Fsp3) is 0.423. The van der Waals surface area contributed by atoms with E-state index in [0.717, 1.165) is 12.8 Å². The van der Waals surface area contributed by atoms with Gasteiger partial charge in [-0.15, -0.1) is 0 Å². The highest BCUT2D eigenvalue weighted by atomic mass is 16.5. The van der Waals surface area contributed by atoms with Crippen LogP contribution < -0.4 is 14.8 Å². The van der Waals surface area contributed by atoms with Crippen molar-refractivity contribution in [2.24, 2.45) is 5.41 Å². The van der Waals surface area contributed by atoms with Crippen molar-refractivity contribution in [3.8, 4) is 11.5 Å². The molecule has 7 nitrogen and oxygen atoms in total. The standard InChI is InChI=1S/C26H33NO6/c1-6-8-15-32-22-14-11-19(16-23(22)31-7-2)24(29)33-17-21(28)18-9-12-20(13-10-18)27-25(30)26(3,4)5/h9-14,16H,6-8,15,17H2,1-5H3,(H,27,30). The number of unbranched alkanes of at least 4 members (excludes halogenated alkanes) is 1. The highest BCUT2D eigenvalue weighted by molar-refractivity contribution is 6.00. The van der Waals surface area contributed by atoms with E-state index in [4.69, 9.17) is 14.2 Å². The number of benzene rings is 2. The zero-order valence-electron chi connectivity index (χ0n) is 20.0. The SMILES string of the molecule is CCCCOc1ccc(C(=O)OCC(=O)c2ccc(NC(=O)C(C)(C)C)cc2)cc1OCC. The van der Waals surface area contributed by atoms with Crippen molar-refractivity contribution in [3.63, 3.8) is 0 Å². The molecule has 0 bridgehead atoms. The largest absolute Gasteiger partial charge is 0.490 e. The molecule has 33 heavy (non-hydrogen) atoms. The lowest BCUT2D eigenvalue weighted by molar-refractivity contribution is -0.123. The molecule has 178 valence electrons. The van der Waals surface area contributed by atoms with Crippen LogP contribution in [-0.2, 0) is 9.53 Å². The summed E-state index contributed by atoms with van der Waals surface area (Å²) in [6.45, 7) is 9.97. The van der Waals surface area contributed by atoms with Crippen LogP contribution in [0.3, 0.4) is 0 Å². The van der Waals surface area contributed by atoms with Gasteiger partial charge in [0.1, 0.15) is 0 Å². The number of hydrogen-bond acceptors (Lipinski definition) is 6. The molecule has 0 unspecified atom stereocenters. The molecule has 1 N–H and O–H groups in total. The molecule has 0 aliphatic rings. The number of esters is 1. The van der Waals surface area contributed by atoms with Gasteiger partial charge in [-0.25, -0.2) is 4.79 Å². The van der Waals surface area contributed by atoms with E-state index in [2.05, 4.69) is 12.2 Å². The number of carbonyl (C=O) groups is 3. The van der Waals surface area contributed by atoms with E-state index in [9.17, 15) is 14.4 Å². The first-order chi connectivity index (χ1) is 15.7. The first kappa shape index (κ1) is 25.9. The van der Waals surface area contributed by atoms with Gasteiger partial charge in [0.15, 0.2) is 23.9 Å². The molecule has 0 aromatic heterocycles. The molecule has 0 radical (unpaired) electrons. The van der Waals surface area contributed by atoms with Gasteiger partial charge < -0.3 is 19.5 Å². The zero-order valence-corrected chi connectivity index (χ0v) is 20.0. The molecule has 1 amide bonds. The molecule has 2 aromatic rings. The molecule has 0 aliphatic heterocycles. The van der Waals surface area contributed by atoms with Crippen molar-refractivity contribution < 1.29 is 28.6 Å². The molecule has 2 aromatic carbocycles. The van der Waals surface area contributed by atoms with Crippen molar-refractivity contribution in [1.29, 1.82) is 0 Å². The summed E-state index contributed by atoms with van der Waals surface area (Å²) in [5.74, 6) is -0.0670. The molecule has 0 heterocycles. The van der Waals surface area contributed by atoms with Gasteiger partial charge in [-0.3, -0.25) is 9.59 Å². The highest BCUT2D eigenvalue weighted by Gasteiger charge is 2.21. The molecule has 0 aliphatic carbocycles. The van der Waals surface area contributed by atoms with Gasteiger partial charge in [0.25, 0.3) is 0 Å².